The quantitative estimate of drug-likeness (QED) is 0.731. The fraction of sp³-hybridized carbons (Fsp3) is 0.294. The van der Waals surface area contributed by atoms with Crippen molar-refractivity contribution in [3.63, 3.8) is 0 Å². The minimum atomic E-state index is -3.34. The van der Waals surface area contributed by atoms with Crippen molar-refractivity contribution in [2.45, 2.75) is 12.1 Å². The lowest BCUT2D eigenvalue weighted by Crippen LogP contribution is -2.44. The normalized spacial score (nSPS) is 25.3. The first-order valence-corrected chi connectivity index (χ1v) is 10.7. The van der Waals surface area contributed by atoms with Crippen LogP contribution in [0.25, 0.3) is 16.8 Å². The number of nitrogens with zero attached hydrogens (tertiary/aromatic N) is 2. The van der Waals surface area contributed by atoms with Crippen molar-refractivity contribution in [3.8, 4) is 11.3 Å². The average molecular weight is 391 g/mol. The third-order valence-electron chi connectivity index (χ3n) is 4.61. The number of hydrogen-bond acceptors (Lipinski definition) is 7. The lowest BCUT2D eigenvalue weighted by Gasteiger charge is -2.27. The van der Waals surface area contributed by atoms with E-state index in [4.69, 9.17) is 5.41 Å². The predicted octanol–water partition coefficient (Wildman–Crippen LogP) is 1.53. The molecule has 26 heavy (non-hydrogen) atoms. The first-order valence-electron chi connectivity index (χ1n) is 8.03. The van der Waals surface area contributed by atoms with Crippen molar-refractivity contribution in [1.82, 2.24) is 9.88 Å². The van der Waals surface area contributed by atoms with Gasteiger partial charge in [0.05, 0.1) is 41.5 Å². The summed E-state index contributed by atoms with van der Waals surface area (Å²) in [5.74, 6) is -0.560. The molecule has 0 bridgehead atoms. The first-order chi connectivity index (χ1) is 12.4. The van der Waals surface area contributed by atoms with E-state index < -0.39 is 22.0 Å². The van der Waals surface area contributed by atoms with Gasteiger partial charge in [-0.3, -0.25) is 5.41 Å². The fourth-order valence-electron chi connectivity index (χ4n) is 3.35. The van der Waals surface area contributed by atoms with Gasteiger partial charge in [0.15, 0.2) is 9.84 Å². The summed E-state index contributed by atoms with van der Waals surface area (Å²) in [6.07, 6.45) is -1.07. The van der Waals surface area contributed by atoms with E-state index in [2.05, 4.69) is 4.98 Å². The number of hydrogen-bond donors (Lipinski definition) is 3. The molecule has 4 rings (SSSR count). The van der Waals surface area contributed by atoms with Crippen molar-refractivity contribution in [3.05, 3.63) is 46.5 Å². The van der Waals surface area contributed by atoms with Crippen molar-refractivity contribution in [1.29, 1.82) is 5.41 Å². The van der Waals surface area contributed by atoms with E-state index in [1.807, 2.05) is 35.7 Å². The number of aromatic nitrogens is 1. The Bertz CT molecular complexity index is 998. The molecule has 1 fully saturated rings. The van der Waals surface area contributed by atoms with Crippen LogP contribution in [-0.4, -0.2) is 64.5 Å². The third kappa shape index (κ3) is 2.91. The zero-order valence-corrected chi connectivity index (χ0v) is 15.3. The number of rotatable bonds is 3. The van der Waals surface area contributed by atoms with Gasteiger partial charge in [-0.25, -0.2) is 13.4 Å². The van der Waals surface area contributed by atoms with Crippen LogP contribution in [0.3, 0.4) is 0 Å². The Morgan fingerprint density at radius 1 is 1.23 bits per heavy atom. The van der Waals surface area contributed by atoms with Crippen molar-refractivity contribution >= 4 is 32.6 Å². The molecule has 0 amide bonds. The Morgan fingerprint density at radius 3 is 2.62 bits per heavy atom. The molecule has 1 aromatic carbocycles. The molecule has 7 nitrogen and oxygen atoms in total. The average Bonchev–Trinajstić information content (AvgIpc) is 3.25. The van der Waals surface area contributed by atoms with Crippen LogP contribution in [0.2, 0.25) is 0 Å². The summed E-state index contributed by atoms with van der Waals surface area (Å²) in [4.78, 5) is 5.97. The van der Waals surface area contributed by atoms with Gasteiger partial charge >= 0.3 is 0 Å². The molecule has 2 aliphatic rings. The van der Waals surface area contributed by atoms with Crippen LogP contribution >= 0.6 is 11.3 Å². The molecule has 0 spiro atoms. The molecule has 3 heterocycles. The van der Waals surface area contributed by atoms with Gasteiger partial charge in [-0.2, -0.15) is 0 Å². The Kier molecular flexibility index (Phi) is 4.09. The fourth-order valence-corrected chi connectivity index (χ4v) is 6.04. The molecule has 0 unspecified atom stereocenters. The van der Waals surface area contributed by atoms with E-state index in [0.717, 1.165) is 11.3 Å². The summed E-state index contributed by atoms with van der Waals surface area (Å²) in [7, 11) is -3.34. The van der Waals surface area contributed by atoms with E-state index in [1.165, 1.54) is 16.2 Å². The van der Waals surface area contributed by atoms with E-state index in [9.17, 15) is 18.6 Å². The number of benzene rings is 1. The topological polar surface area (TPSA) is 115 Å². The summed E-state index contributed by atoms with van der Waals surface area (Å²) in [5, 5.41) is 31.2. The molecule has 3 N–H and O–H groups in total. The van der Waals surface area contributed by atoms with Crippen LogP contribution in [0.4, 0.5) is 0 Å². The number of amidine groups is 1. The Balaban J connectivity index is 1.61. The SMILES string of the molecule is N=C1C(c2nc(-c3ccccc3)cs2)=C(O)CN1[C@@H]1CS(=O)(=O)C[C@H]1O. The Labute approximate surface area is 154 Å². The first kappa shape index (κ1) is 17.2. The summed E-state index contributed by atoms with van der Waals surface area (Å²) in [6, 6.07) is 8.87. The maximum atomic E-state index is 11.8. The molecular weight excluding hydrogens is 374 g/mol. The minimum absolute atomic E-state index is 0.00221. The predicted molar refractivity (Wildman–Crippen MR) is 100.0 cm³/mol. The molecule has 0 radical (unpaired) electrons. The number of nitrogens with one attached hydrogen (secondary N) is 1. The van der Waals surface area contributed by atoms with Gasteiger partial charge in [-0.15, -0.1) is 11.3 Å². The molecular formula is C17H17N3O4S2. The zero-order valence-electron chi connectivity index (χ0n) is 13.7. The zero-order chi connectivity index (χ0) is 18.5. The van der Waals surface area contributed by atoms with Crippen molar-refractivity contribution in [2.75, 3.05) is 18.1 Å². The smallest absolute Gasteiger partial charge is 0.155 e. The van der Waals surface area contributed by atoms with Crippen LogP contribution in [-0.2, 0) is 9.84 Å². The summed E-state index contributed by atoms with van der Waals surface area (Å²) in [6.45, 7) is 0.00562. The lowest BCUT2D eigenvalue weighted by molar-refractivity contribution is 0.124. The molecule has 9 heteroatoms. The Hall–Kier alpha value is -2.23. The number of sulfone groups is 1. The van der Waals surface area contributed by atoms with Gasteiger partial charge < -0.3 is 15.1 Å². The number of aliphatic hydroxyl groups is 2. The molecule has 2 aliphatic heterocycles. The maximum absolute atomic E-state index is 11.8. The lowest BCUT2D eigenvalue weighted by atomic mass is 10.1. The van der Waals surface area contributed by atoms with Gasteiger partial charge in [0.2, 0.25) is 0 Å². The second kappa shape index (κ2) is 6.19. The van der Waals surface area contributed by atoms with E-state index >= 15 is 0 Å². The van der Waals surface area contributed by atoms with Crippen molar-refractivity contribution < 1.29 is 18.6 Å². The van der Waals surface area contributed by atoms with Crippen LogP contribution in [0, 0.1) is 5.41 Å². The minimum Gasteiger partial charge on any atom is -0.510 e. The molecule has 136 valence electrons. The molecule has 0 aliphatic carbocycles. The van der Waals surface area contributed by atoms with Gasteiger partial charge in [-0.05, 0) is 0 Å². The molecule has 2 atom stereocenters. The van der Waals surface area contributed by atoms with Crippen LogP contribution in [0.1, 0.15) is 5.01 Å². The molecule has 1 saturated heterocycles. The summed E-state index contributed by atoms with van der Waals surface area (Å²) in [5.41, 5.74) is 1.99. The van der Waals surface area contributed by atoms with E-state index in [-0.39, 0.29) is 29.6 Å². The maximum Gasteiger partial charge on any atom is 0.155 e. The number of thiazole rings is 1. The molecule has 1 aromatic heterocycles. The van der Waals surface area contributed by atoms with Crippen LogP contribution < -0.4 is 0 Å². The van der Waals surface area contributed by atoms with Crippen molar-refractivity contribution in [2.24, 2.45) is 0 Å². The highest BCUT2D eigenvalue weighted by atomic mass is 32.2. The van der Waals surface area contributed by atoms with Crippen LogP contribution in [0.15, 0.2) is 41.5 Å². The number of aliphatic hydroxyl groups excluding tert-OH is 2. The van der Waals surface area contributed by atoms with Gasteiger partial charge in [-0.1, -0.05) is 30.3 Å². The second-order valence-corrected chi connectivity index (χ2v) is 9.43. The standard InChI is InChI=1S/C17H17N3O4S2/c18-16-15(17-19-11(7-25-17)10-4-2-1-3-5-10)13(21)6-20(16)12-8-26(23,24)9-14(12)22/h1-5,7,12,14,18,21-22H,6,8-9H2/t12-,14-/m1/s1. The molecule has 0 saturated carbocycles. The van der Waals surface area contributed by atoms with Gasteiger partial charge in [0.1, 0.15) is 16.6 Å². The summed E-state index contributed by atoms with van der Waals surface area (Å²) < 4.78 is 23.5. The van der Waals surface area contributed by atoms with E-state index in [0.29, 0.717) is 10.6 Å². The highest BCUT2D eigenvalue weighted by molar-refractivity contribution is 7.91. The second-order valence-electron chi connectivity index (χ2n) is 6.41. The summed E-state index contributed by atoms with van der Waals surface area (Å²) >= 11 is 1.32. The molecule has 2 aromatic rings. The van der Waals surface area contributed by atoms with E-state index in [1.54, 1.807) is 0 Å². The van der Waals surface area contributed by atoms with Crippen LogP contribution in [0.5, 0.6) is 0 Å². The third-order valence-corrected chi connectivity index (χ3v) is 7.17. The highest BCUT2D eigenvalue weighted by Gasteiger charge is 2.44. The highest BCUT2D eigenvalue weighted by Crippen LogP contribution is 2.34. The van der Waals surface area contributed by atoms with Gasteiger partial charge in [0, 0.05) is 10.9 Å². The van der Waals surface area contributed by atoms with Gasteiger partial charge in [0.25, 0.3) is 0 Å². The monoisotopic (exact) mass is 391 g/mol. The largest absolute Gasteiger partial charge is 0.510 e. The Morgan fingerprint density at radius 2 is 1.96 bits per heavy atom.